The van der Waals surface area contributed by atoms with Crippen molar-refractivity contribution in [3.05, 3.63) is 17.3 Å². The molecule has 1 saturated carbocycles. The van der Waals surface area contributed by atoms with E-state index in [2.05, 4.69) is 20.3 Å². The number of aliphatic hydroxyl groups excluding tert-OH is 1. The van der Waals surface area contributed by atoms with E-state index in [0.717, 1.165) is 16.0 Å². The van der Waals surface area contributed by atoms with E-state index in [1.165, 1.54) is 12.8 Å². The Kier molecular flexibility index (Phi) is 3.61. The molecule has 1 fully saturated rings. The molecule has 4 N–H and O–H groups in total. The molecule has 0 amide bonds. The minimum absolute atomic E-state index is 0.166. The summed E-state index contributed by atoms with van der Waals surface area (Å²) in [6.45, 7) is 1.50. The van der Waals surface area contributed by atoms with Crippen LogP contribution in [0, 0.1) is 0 Å². The second-order valence-corrected chi connectivity index (χ2v) is 5.59. The highest BCUT2D eigenvalue weighted by Crippen LogP contribution is 2.29. The maximum atomic E-state index is 9.12. The molecule has 1 aliphatic rings. The van der Waals surface area contributed by atoms with Gasteiger partial charge in [0.1, 0.15) is 10.7 Å². The number of aliphatic hydroxyl groups is 1. The van der Waals surface area contributed by atoms with Crippen LogP contribution in [-0.4, -0.2) is 39.2 Å². The summed E-state index contributed by atoms with van der Waals surface area (Å²) in [5.74, 6) is 6.94. The third kappa shape index (κ3) is 2.69. The fourth-order valence-corrected chi connectivity index (χ4v) is 3.00. The molecule has 0 bridgehead atoms. The summed E-state index contributed by atoms with van der Waals surface area (Å²) in [5, 5.41) is 12.1. The number of thiophene rings is 1. The molecule has 6 nitrogen and oxygen atoms in total. The van der Waals surface area contributed by atoms with Gasteiger partial charge in [-0.05, 0) is 24.3 Å². The molecule has 19 heavy (non-hydrogen) atoms. The van der Waals surface area contributed by atoms with Crippen LogP contribution < -0.4 is 11.3 Å². The monoisotopic (exact) mass is 279 g/mol. The lowest BCUT2D eigenvalue weighted by atomic mass is 10.3. The van der Waals surface area contributed by atoms with E-state index in [-0.39, 0.29) is 6.61 Å². The number of nitrogens with zero attached hydrogens (tertiary/aromatic N) is 3. The molecule has 0 atom stereocenters. The number of rotatable bonds is 6. The summed E-state index contributed by atoms with van der Waals surface area (Å²) in [7, 11) is 0. The number of fused-ring (bicyclic) bond motifs is 1. The van der Waals surface area contributed by atoms with E-state index in [9.17, 15) is 0 Å². The van der Waals surface area contributed by atoms with Gasteiger partial charge in [0.25, 0.3) is 0 Å². The number of aromatic nitrogens is 2. The molecule has 1 aliphatic carbocycles. The number of hydrogen-bond donors (Lipinski definition) is 3. The smallest absolute Gasteiger partial charge is 0.152 e. The largest absolute Gasteiger partial charge is 0.395 e. The van der Waals surface area contributed by atoms with Gasteiger partial charge in [-0.2, -0.15) is 0 Å². The van der Waals surface area contributed by atoms with Gasteiger partial charge in [-0.1, -0.05) is 0 Å². The van der Waals surface area contributed by atoms with Crippen molar-refractivity contribution in [2.45, 2.75) is 25.4 Å². The molecule has 0 aromatic carbocycles. The Morgan fingerprint density at radius 3 is 3.00 bits per heavy atom. The average molecular weight is 279 g/mol. The summed E-state index contributed by atoms with van der Waals surface area (Å²) in [6, 6.07) is 2.54. The lowest BCUT2D eigenvalue weighted by Gasteiger charge is -2.19. The second kappa shape index (κ2) is 5.38. The summed E-state index contributed by atoms with van der Waals surface area (Å²) in [4.78, 5) is 12.2. The first-order chi connectivity index (χ1) is 9.31. The maximum Gasteiger partial charge on any atom is 0.152 e. The molecular weight excluding hydrogens is 262 g/mol. The molecule has 2 aromatic heterocycles. The Hall–Kier alpha value is -1.28. The van der Waals surface area contributed by atoms with Crippen molar-refractivity contribution in [1.29, 1.82) is 0 Å². The van der Waals surface area contributed by atoms with E-state index in [1.54, 1.807) is 11.3 Å². The van der Waals surface area contributed by atoms with Crippen LogP contribution in [0.5, 0.6) is 0 Å². The van der Waals surface area contributed by atoms with E-state index < -0.39 is 0 Å². The zero-order valence-corrected chi connectivity index (χ0v) is 11.4. The molecular formula is C12H17N5OS. The maximum absolute atomic E-state index is 9.12. The number of nitrogens with two attached hydrogens (primary N) is 1. The molecule has 0 saturated heterocycles. The minimum atomic E-state index is 0.166. The number of hydrogen-bond acceptors (Lipinski definition) is 7. The van der Waals surface area contributed by atoms with E-state index in [4.69, 9.17) is 10.9 Å². The Bertz CT molecular complexity index is 568. The molecule has 0 spiro atoms. The summed E-state index contributed by atoms with van der Waals surface area (Å²) >= 11 is 1.58. The fourth-order valence-electron chi connectivity index (χ4n) is 2.22. The first kappa shape index (κ1) is 12.7. The normalized spacial score (nSPS) is 15.3. The van der Waals surface area contributed by atoms with E-state index in [1.807, 2.05) is 11.4 Å². The van der Waals surface area contributed by atoms with Gasteiger partial charge < -0.3 is 10.5 Å². The van der Waals surface area contributed by atoms with Crippen LogP contribution in [0.2, 0.25) is 0 Å². The standard InChI is InChI=1S/C12H17N5OS/c13-16-11-9-3-6-19-12(9)15-10(14-11)7-17(4-5-18)8-1-2-8/h3,6,8,18H,1-2,4-5,7,13H2,(H,14,15,16). The van der Waals surface area contributed by atoms with Crippen molar-refractivity contribution in [2.24, 2.45) is 5.84 Å². The van der Waals surface area contributed by atoms with Gasteiger partial charge in [0.05, 0.1) is 18.5 Å². The fraction of sp³-hybridized carbons (Fsp3) is 0.500. The summed E-state index contributed by atoms with van der Waals surface area (Å²) < 4.78 is 0. The van der Waals surface area contributed by atoms with Crippen LogP contribution in [0.1, 0.15) is 18.7 Å². The summed E-state index contributed by atoms with van der Waals surface area (Å²) in [5.41, 5.74) is 2.63. The Morgan fingerprint density at radius 2 is 2.32 bits per heavy atom. The van der Waals surface area contributed by atoms with Gasteiger partial charge in [0.2, 0.25) is 0 Å². The molecule has 2 heterocycles. The molecule has 0 unspecified atom stereocenters. The predicted octanol–water partition coefficient (Wildman–Crippen LogP) is 0.934. The average Bonchev–Trinajstić information content (AvgIpc) is 3.16. The quantitative estimate of drug-likeness (QED) is 0.539. The number of nitrogen functional groups attached to an aromatic ring is 1. The topological polar surface area (TPSA) is 87.3 Å². The van der Waals surface area contributed by atoms with Crippen molar-refractivity contribution in [3.8, 4) is 0 Å². The van der Waals surface area contributed by atoms with Crippen LogP contribution in [0.15, 0.2) is 11.4 Å². The van der Waals surface area contributed by atoms with Gasteiger partial charge in [-0.3, -0.25) is 4.90 Å². The van der Waals surface area contributed by atoms with Crippen LogP contribution in [0.4, 0.5) is 5.82 Å². The van der Waals surface area contributed by atoms with Gasteiger partial charge in [0, 0.05) is 12.6 Å². The second-order valence-electron chi connectivity index (χ2n) is 4.70. The number of anilines is 1. The molecule has 0 radical (unpaired) electrons. The van der Waals surface area contributed by atoms with Crippen LogP contribution in [-0.2, 0) is 6.54 Å². The third-order valence-corrected chi connectivity index (χ3v) is 4.11. The lowest BCUT2D eigenvalue weighted by molar-refractivity contribution is 0.180. The van der Waals surface area contributed by atoms with E-state index in [0.29, 0.717) is 24.9 Å². The minimum Gasteiger partial charge on any atom is -0.395 e. The van der Waals surface area contributed by atoms with Crippen LogP contribution in [0.3, 0.4) is 0 Å². The molecule has 3 rings (SSSR count). The van der Waals surface area contributed by atoms with Crippen molar-refractivity contribution < 1.29 is 5.11 Å². The zero-order valence-electron chi connectivity index (χ0n) is 10.5. The zero-order chi connectivity index (χ0) is 13.2. The first-order valence-corrected chi connectivity index (χ1v) is 7.25. The molecule has 2 aromatic rings. The molecule has 102 valence electrons. The van der Waals surface area contributed by atoms with Crippen molar-refractivity contribution in [3.63, 3.8) is 0 Å². The lowest BCUT2D eigenvalue weighted by Crippen LogP contribution is -2.29. The van der Waals surface area contributed by atoms with Crippen LogP contribution >= 0.6 is 11.3 Å². The Labute approximate surface area is 115 Å². The van der Waals surface area contributed by atoms with Crippen molar-refractivity contribution in [1.82, 2.24) is 14.9 Å². The van der Waals surface area contributed by atoms with Gasteiger partial charge in [-0.15, -0.1) is 11.3 Å². The predicted molar refractivity (Wildman–Crippen MR) is 75.7 cm³/mol. The highest BCUT2D eigenvalue weighted by Gasteiger charge is 2.29. The van der Waals surface area contributed by atoms with Crippen molar-refractivity contribution in [2.75, 3.05) is 18.6 Å². The first-order valence-electron chi connectivity index (χ1n) is 6.37. The molecule has 7 heteroatoms. The number of nitrogens with one attached hydrogen (secondary N) is 1. The van der Waals surface area contributed by atoms with Gasteiger partial charge in [0.15, 0.2) is 5.82 Å². The Morgan fingerprint density at radius 1 is 1.47 bits per heavy atom. The van der Waals surface area contributed by atoms with Crippen molar-refractivity contribution >= 4 is 27.4 Å². The number of hydrazine groups is 1. The SMILES string of the molecule is NNc1nc(CN(CCO)C2CC2)nc2sccc12. The highest BCUT2D eigenvalue weighted by atomic mass is 32.1. The Balaban J connectivity index is 1.86. The van der Waals surface area contributed by atoms with Crippen LogP contribution in [0.25, 0.3) is 10.2 Å². The van der Waals surface area contributed by atoms with E-state index >= 15 is 0 Å². The molecule has 0 aliphatic heterocycles. The van der Waals surface area contributed by atoms with Gasteiger partial charge in [-0.25, -0.2) is 15.8 Å². The highest BCUT2D eigenvalue weighted by molar-refractivity contribution is 7.16. The van der Waals surface area contributed by atoms with Gasteiger partial charge >= 0.3 is 0 Å². The summed E-state index contributed by atoms with van der Waals surface area (Å²) in [6.07, 6.45) is 2.40. The third-order valence-electron chi connectivity index (χ3n) is 3.30.